The Morgan fingerprint density at radius 3 is 2.42 bits per heavy atom. The molecule has 0 atom stereocenters. The zero-order chi connectivity index (χ0) is 9.03. The molecule has 1 heterocycles. The molecule has 0 spiro atoms. The van der Waals surface area contributed by atoms with Crippen LogP contribution in [0.5, 0.6) is 0 Å². The molecule has 1 rings (SSSR count). The van der Waals surface area contributed by atoms with Crippen molar-refractivity contribution in [3.63, 3.8) is 0 Å². The molecule has 0 aliphatic carbocycles. The summed E-state index contributed by atoms with van der Waals surface area (Å²) in [6.45, 7) is 2.60. The molecule has 5 heteroatoms. The van der Waals surface area contributed by atoms with Crippen LogP contribution in [0.15, 0.2) is 0 Å². The van der Waals surface area contributed by atoms with Gasteiger partial charge in [-0.15, -0.1) is 0 Å². The van der Waals surface area contributed by atoms with E-state index in [4.69, 9.17) is 0 Å². The van der Waals surface area contributed by atoms with Crippen molar-refractivity contribution in [1.82, 2.24) is 10.6 Å². The third-order valence-corrected chi connectivity index (χ3v) is 1.88. The number of hydrogen-bond acceptors (Lipinski definition) is 2. The van der Waals surface area contributed by atoms with Crippen LogP contribution in [-0.4, -0.2) is 32.4 Å². The molecule has 2 nitrogen and oxygen atoms in total. The van der Waals surface area contributed by atoms with Gasteiger partial charge in [0, 0.05) is 26.2 Å². The van der Waals surface area contributed by atoms with Crippen LogP contribution in [0.3, 0.4) is 0 Å². The van der Waals surface area contributed by atoms with Crippen molar-refractivity contribution in [2.24, 2.45) is 5.92 Å². The predicted molar refractivity (Wildman–Crippen MR) is 39.9 cm³/mol. The van der Waals surface area contributed by atoms with Gasteiger partial charge >= 0.3 is 6.18 Å². The highest BCUT2D eigenvalue weighted by Gasteiger charge is 2.26. The van der Waals surface area contributed by atoms with Gasteiger partial charge in [-0.05, 0) is 5.92 Å². The van der Waals surface area contributed by atoms with Crippen molar-refractivity contribution in [2.45, 2.75) is 12.6 Å². The highest BCUT2D eigenvalue weighted by atomic mass is 19.4. The molecule has 1 aliphatic heterocycles. The normalized spacial score (nSPS) is 19.2. The smallest absolute Gasteiger partial charge is 0.316 e. The number of hydrogen-bond donors (Lipinski definition) is 2. The quantitative estimate of drug-likeness (QED) is 0.627. The highest BCUT2D eigenvalue weighted by Crippen LogP contribution is 2.18. The first-order valence-electron chi connectivity index (χ1n) is 4.06. The fourth-order valence-electron chi connectivity index (χ4n) is 1.03. The van der Waals surface area contributed by atoms with E-state index < -0.39 is 12.6 Å². The first kappa shape index (κ1) is 9.80. The third kappa shape index (κ3) is 3.92. The molecule has 0 aromatic rings. The minimum Gasteiger partial charge on any atom is -0.316 e. The molecule has 1 aliphatic rings. The molecule has 0 saturated carbocycles. The minimum absolute atomic E-state index is 0.0417. The van der Waals surface area contributed by atoms with Gasteiger partial charge in [0.15, 0.2) is 0 Å². The fraction of sp³-hybridized carbons (Fsp3) is 1.00. The molecule has 2 N–H and O–H groups in total. The van der Waals surface area contributed by atoms with Gasteiger partial charge in [0.05, 0.1) is 6.42 Å². The molecule has 0 aromatic carbocycles. The molecule has 0 unspecified atom stereocenters. The van der Waals surface area contributed by atoms with E-state index in [1.807, 2.05) is 0 Å². The summed E-state index contributed by atoms with van der Waals surface area (Å²) in [5.41, 5.74) is 0. The van der Waals surface area contributed by atoms with Crippen LogP contribution in [0, 0.1) is 5.92 Å². The maximum Gasteiger partial charge on any atom is 0.390 e. The van der Waals surface area contributed by atoms with E-state index in [9.17, 15) is 13.2 Å². The summed E-state index contributed by atoms with van der Waals surface area (Å²) in [6, 6.07) is 0. The summed E-state index contributed by atoms with van der Waals surface area (Å²) in [6.07, 6.45) is -4.75. The Morgan fingerprint density at radius 1 is 1.33 bits per heavy atom. The van der Waals surface area contributed by atoms with Crippen LogP contribution >= 0.6 is 0 Å². The maximum atomic E-state index is 11.6. The predicted octanol–water partition coefficient (Wildman–Crippen LogP) is 0.748. The molecular formula is C7H13F3N2. The molecular weight excluding hydrogens is 169 g/mol. The Balaban J connectivity index is 1.88. The van der Waals surface area contributed by atoms with Crippen LogP contribution in [0.25, 0.3) is 0 Å². The molecule has 0 aromatic heterocycles. The second-order valence-electron chi connectivity index (χ2n) is 3.09. The zero-order valence-corrected chi connectivity index (χ0v) is 6.75. The van der Waals surface area contributed by atoms with Crippen molar-refractivity contribution in [2.75, 3.05) is 26.2 Å². The molecule has 0 radical (unpaired) electrons. The Bertz CT molecular complexity index is 131. The van der Waals surface area contributed by atoms with Crippen LogP contribution in [0.1, 0.15) is 6.42 Å². The van der Waals surface area contributed by atoms with E-state index in [0.717, 1.165) is 13.1 Å². The lowest BCUT2D eigenvalue weighted by atomic mass is 10.0. The number of halogens is 3. The van der Waals surface area contributed by atoms with Crippen molar-refractivity contribution >= 4 is 0 Å². The van der Waals surface area contributed by atoms with Gasteiger partial charge < -0.3 is 10.6 Å². The Labute approximate surface area is 69.5 Å². The van der Waals surface area contributed by atoms with Gasteiger partial charge in [-0.3, -0.25) is 0 Å². The van der Waals surface area contributed by atoms with Gasteiger partial charge in [-0.1, -0.05) is 0 Å². The Morgan fingerprint density at radius 2 is 2.00 bits per heavy atom. The SMILES string of the molecule is FC(F)(F)CCNCC1CNC1. The molecule has 72 valence electrons. The van der Waals surface area contributed by atoms with E-state index in [-0.39, 0.29) is 6.54 Å². The largest absolute Gasteiger partial charge is 0.390 e. The minimum atomic E-state index is -4.02. The topological polar surface area (TPSA) is 24.1 Å². The molecule has 12 heavy (non-hydrogen) atoms. The monoisotopic (exact) mass is 182 g/mol. The first-order valence-corrected chi connectivity index (χ1v) is 4.06. The standard InChI is InChI=1S/C7H13F3N2/c8-7(9,10)1-2-11-3-6-4-12-5-6/h6,11-12H,1-5H2. The summed E-state index contributed by atoms with van der Waals surface area (Å²) in [7, 11) is 0. The molecule has 1 fully saturated rings. The van der Waals surface area contributed by atoms with Crippen LogP contribution in [0.4, 0.5) is 13.2 Å². The number of nitrogens with one attached hydrogen (secondary N) is 2. The summed E-state index contributed by atoms with van der Waals surface area (Å²) >= 11 is 0. The lowest BCUT2D eigenvalue weighted by Gasteiger charge is -2.27. The van der Waals surface area contributed by atoms with Crippen molar-refractivity contribution in [3.05, 3.63) is 0 Å². The lowest BCUT2D eigenvalue weighted by Crippen LogP contribution is -2.47. The molecule has 1 saturated heterocycles. The van der Waals surface area contributed by atoms with Gasteiger partial charge in [-0.25, -0.2) is 0 Å². The van der Waals surface area contributed by atoms with E-state index in [2.05, 4.69) is 10.6 Å². The van der Waals surface area contributed by atoms with Crippen LogP contribution in [0.2, 0.25) is 0 Å². The van der Waals surface area contributed by atoms with E-state index >= 15 is 0 Å². The van der Waals surface area contributed by atoms with Gasteiger partial charge in [0.1, 0.15) is 0 Å². The maximum absolute atomic E-state index is 11.6. The zero-order valence-electron chi connectivity index (χ0n) is 6.75. The second-order valence-corrected chi connectivity index (χ2v) is 3.09. The summed E-state index contributed by atoms with van der Waals surface area (Å²) < 4.78 is 34.9. The Hall–Kier alpha value is -0.290. The Kier molecular flexibility index (Phi) is 3.34. The number of alkyl halides is 3. The summed E-state index contributed by atoms with van der Waals surface area (Å²) in [4.78, 5) is 0. The van der Waals surface area contributed by atoms with E-state index in [1.54, 1.807) is 0 Å². The third-order valence-electron chi connectivity index (χ3n) is 1.88. The average molecular weight is 182 g/mol. The van der Waals surface area contributed by atoms with E-state index in [1.165, 1.54) is 0 Å². The average Bonchev–Trinajstić information content (AvgIpc) is 1.80. The van der Waals surface area contributed by atoms with Crippen molar-refractivity contribution in [1.29, 1.82) is 0 Å². The molecule has 0 bridgehead atoms. The fourth-order valence-corrected chi connectivity index (χ4v) is 1.03. The van der Waals surface area contributed by atoms with Crippen molar-refractivity contribution < 1.29 is 13.2 Å². The summed E-state index contributed by atoms with van der Waals surface area (Å²) in [5.74, 6) is 0.526. The van der Waals surface area contributed by atoms with Gasteiger partial charge in [0.25, 0.3) is 0 Å². The van der Waals surface area contributed by atoms with E-state index in [0.29, 0.717) is 12.5 Å². The van der Waals surface area contributed by atoms with Crippen molar-refractivity contribution in [3.8, 4) is 0 Å². The molecule has 0 amide bonds. The second kappa shape index (κ2) is 4.09. The summed E-state index contributed by atoms with van der Waals surface area (Å²) in [5, 5.41) is 5.84. The lowest BCUT2D eigenvalue weighted by molar-refractivity contribution is -0.133. The highest BCUT2D eigenvalue weighted by molar-refractivity contribution is 4.76. The first-order chi connectivity index (χ1) is 5.58. The van der Waals surface area contributed by atoms with Gasteiger partial charge in [0.2, 0.25) is 0 Å². The van der Waals surface area contributed by atoms with Crippen LogP contribution in [-0.2, 0) is 0 Å². The number of rotatable bonds is 4. The van der Waals surface area contributed by atoms with Gasteiger partial charge in [-0.2, -0.15) is 13.2 Å². The van der Waals surface area contributed by atoms with Crippen LogP contribution < -0.4 is 10.6 Å².